The summed E-state index contributed by atoms with van der Waals surface area (Å²) in [6, 6.07) is 10.8. The number of piperazine rings is 1. The molecule has 0 radical (unpaired) electrons. The summed E-state index contributed by atoms with van der Waals surface area (Å²) in [6.07, 6.45) is 0. The largest absolute Gasteiger partial charge is 0.497 e. The fourth-order valence-electron chi connectivity index (χ4n) is 4.20. The van der Waals surface area contributed by atoms with Crippen LogP contribution in [0.1, 0.15) is 16.2 Å². The first-order valence-electron chi connectivity index (χ1n) is 11.5. The van der Waals surface area contributed by atoms with Crippen molar-refractivity contribution >= 4 is 28.7 Å². The van der Waals surface area contributed by atoms with Crippen molar-refractivity contribution in [1.82, 2.24) is 24.3 Å². The van der Waals surface area contributed by atoms with Gasteiger partial charge in [-0.3, -0.25) is 9.69 Å². The first-order chi connectivity index (χ1) is 16.8. The number of hydrogen-bond donors (Lipinski definition) is 1. The molecule has 1 aliphatic heterocycles. The Morgan fingerprint density at radius 2 is 1.77 bits per heavy atom. The van der Waals surface area contributed by atoms with E-state index in [0.717, 1.165) is 29.9 Å². The second kappa shape index (κ2) is 10.2. The Morgan fingerprint density at radius 1 is 1.03 bits per heavy atom. The van der Waals surface area contributed by atoms with Crippen molar-refractivity contribution in [3.63, 3.8) is 0 Å². The molecule has 0 unspecified atom stereocenters. The van der Waals surface area contributed by atoms with Crippen LogP contribution in [0.25, 0.3) is 11.0 Å². The number of anilines is 1. The van der Waals surface area contributed by atoms with E-state index in [2.05, 4.69) is 14.8 Å². The van der Waals surface area contributed by atoms with Crippen molar-refractivity contribution in [2.75, 3.05) is 59.8 Å². The Hall–Kier alpha value is -3.79. The molecule has 3 aromatic rings. The maximum atomic E-state index is 12.9. The highest BCUT2D eigenvalue weighted by Gasteiger charge is 2.23. The lowest BCUT2D eigenvalue weighted by Crippen LogP contribution is -2.49. The molecule has 0 saturated carbocycles. The van der Waals surface area contributed by atoms with Crippen LogP contribution in [0.3, 0.4) is 0 Å². The van der Waals surface area contributed by atoms with E-state index in [1.165, 1.54) is 0 Å². The number of methoxy groups -OCH3 is 2. The van der Waals surface area contributed by atoms with Crippen molar-refractivity contribution in [1.29, 1.82) is 0 Å². The number of benzene rings is 2. The highest BCUT2D eigenvalue weighted by molar-refractivity contribution is 5.97. The topological polar surface area (TPSA) is 92.2 Å². The van der Waals surface area contributed by atoms with Crippen LogP contribution in [-0.4, -0.2) is 90.7 Å². The monoisotopic (exact) mass is 480 g/mol. The molecule has 2 heterocycles. The summed E-state index contributed by atoms with van der Waals surface area (Å²) in [5.41, 5.74) is 2.99. The second-order valence-electron chi connectivity index (χ2n) is 8.75. The van der Waals surface area contributed by atoms with E-state index in [0.29, 0.717) is 42.4 Å². The Bertz CT molecular complexity index is 1230. The van der Waals surface area contributed by atoms with Crippen LogP contribution in [0, 0.1) is 0 Å². The zero-order valence-electron chi connectivity index (χ0n) is 20.9. The minimum atomic E-state index is -0.169. The lowest BCUT2D eigenvalue weighted by atomic mass is 10.2. The first kappa shape index (κ1) is 24.3. The summed E-state index contributed by atoms with van der Waals surface area (Å²) in [5, 5.41) is 2.94. The lowest BCUT2D eigenvalue weighted by molar-refractivity contribution is 0.0827. The maximum absolute atomic E-state index is 12.9. The number of hydrogen-bond acceptors (Lipinski definition) is 6. The van der Waals surface area contributed by atoms with E-state index < -0.39 is 0 Å². The molecule has 1 saturated heterocycles. The third-order valence-corrected chi connectivity index (χ3v) is 6.30. The highest BCUT2D eigenvalue weighted by Crippen LogP contribution is 2.29. The van der Waals surface area contributed by atoms with E-state index in [4.69, 9.17) is 14.5 Å². The average Bonchev–Trinajstić information content (AvgIpc) is 3.17. The van der Waals surface area contributed by atoms with Gasteiger partial charge in [-0.1, -0.05) is 0 Å². The molecular weight excluding hydrogens is 448 g/mol. The Morgan fingerprint density at radius 3 is 2.43 bits per heavy atom. The summed E-state index contributed by atoms with van der Waals surface area (Å²) in [5.74, 6) is 2.11. The van der Waals surface area contributed by atoms with Crippen LogP contribution in [-0.2, 0) is 13.6 Å². The summed E-state index contributed by atoms with van der Waals surface area (Å²) < 4.78 is 12.7. The van der Waals surface area contributed by atoms with Crippen LogP contribution in [0.4, 0.5) is 10.5 Å². The van der Waals surface area contributed by atoms with Gasteiger partial charge >= 0.3 is 6.03 Å². The van der Waals surface area contributed by atoms with Gasteiger partial charge in [-0.2, -0.15) is 0 Å². The SMILES string of the molecule is COc1ccc(OC)c(NC(=O)N2CCN(Cc3nc4cc(C(=O)N(C)C)ccc4n3C)CC2)c1. The van der Waals surface area contributed by atoms with Crippen molar-refractivity contribution in [2.45, 2.75) is 6.54 Å². The number of nitrogens with one attached hydrogen (secondary N) is 1. The number of ether oxygens (including phenoxy) is 2. The number of imidazole rings is 1. The summed E-state index contributed by atoms with van der Waals surface area (Å²) >= 11 is 0. The van der Waals surface area contributed by atoms with Crippen LogP contribution in [0.2, 0.25) is 0 Å². The van der Waals surface area contributed by atoms with E-state index in [-0.39, 0.29) is 11.9 Å². The normalized spacial score (nSPS) is 14.1. The molecule has 0 aliphatic carbocycles. The van der Waals surface area contributed by atoms with Crippen LogP contribution in [0.5, 0.6) is 11.5 Å². The molecule has 0 atom stereocenters. The average molecular weight is 481 g/mol. The number of urea groups is 1. The summed E-state index contributed by atoms with van der Waals surface area (Å²) in [4.78, 5) is 35.6. The van der Waals surface area contributed by atoms with Crippen LogP contribution < -0.4 is 14.8 Å². The molecule has 0 bridgehead atoms. The number of aromatic nitrogens is 2. The number of carbonyl (C=O) groups excluding carboxylic acids is 2. The zero-order chi connectivity index (χ0) is 25.1. The van der Waals surface area contributed by atoms with Gasteiger partial charge in [0.2, 0.25) is 0 Å². The standard InChI is InChI=1S/C25H32N6O4/c1-28(2)24(32)17-6-8-21-19(14-17)26-23(29(21)3)16-30-10-12-31(13-11-30)25(33)27-20-15-18(34-4)7-9-22(20)35-5/h6-9,14-15H,10-13,16H2,1-5H3,(H,27,33). The second-order valence-corrected chi connectivity index (χ2v) is 8.75. The Kier molecular flexibility index (Phi) is 7.11. The van der Waals surface area contributed by atoms with Gasteiger partial charge in [-0.25, -0.2) is 9.78 Å². The number of amides is 3. The van der Waals surface area contributed by atoms with Gasteiger partial charge in [0, 0.05) is 59.0 Å². The van der Waals surface area contributed by atoms with Gasteiger partial charge in [-0.05, 0) is 30.3 Å². The van der Waals surface area contributed by atoms with Crippen LogP contribution >= 0.6 is 0 Å². The smallest absolute Gasteiger partial charge is 0.322 e. The van der Waals surface area contributed by atoms with Gasteiger partial charge in [0.15, 0.2) is 0 Å². The Balaban J connectivity index is 1.38. The lowest BCUT2D eigenvalue weighted by Gasteiger charge is -2.34. The molecule has 4 rings (SSSR count). The Labute approximate surface area is 205 Å². The fraction of sp³-hybridized carbons (Fsp3) is 0.400. The summed E-state index contributed by atoms with van der Waals surface area (Å²) in [7, 11) is 8.62. The molecule has 1 fully saturated rings. The van der Waals surface area contributed by atoms with Gasteiger partial charge in [0.1, 0.15) is 17.3 Å². The molecular formula is C25H32N6O4. The number of nitrogens with zero attached hydrogens (tertiary/aromatic N) is 5. The zero-order valence-corrected chi connectivity index (χ0v) is 20.9. The predicted octanol–water partition coefficient (Wildman–Crippen LogP) is 2.64. The molecule has 10 nitrogen and oxygen atoms in total. The molecule has 10 heteroatoms. The van der Waals surface area contributed by atoms with Crippen molar-refractivity contribution in [3.05, 3.63) is 47.8 Å². The molecule has 1 aliphatic rings. The van der Waals surface area contributed by atoms with E-state index >= 15 is 0 Å². The van der Waals surface area contributed by atoms with Gasteiger partial charge in [0.05, 0.1) is 37.5 Å². The number of fused-ring (bicyclic) bond motifs is 1. The molecule has 2 aromatic carbocycles. The van der Waals surface area contributed by atoms with Crippen molar-refractivity contribution in [2.24, 2.45) is 7.05 Å². The molecule has 186 valence electrons. The third kappa shape index (κ3) is 5.17. The maximum Gasteiger partial charge on any atom is 0.322 e. The number of aryl methyl sites for hydroxylation is 1. The third-order valence-electron chi connectivity index (χ3n) is 6.30. The first-order valence-corrected chi connectivity index (χ1v) is 11.5. The molecule has 3 amide bonds. The van der Waals surface area contributed by atoms with Crippen molar-refractivity contribution in [3.8, 4) is 11.5 Å². The van der Waals surface area contributed by atoms with E-state index in [1.54, 1.807) is 56.3 Å². The molecule has 1 aromatic heterocycles. The predicted molar refractivity (Wildman–Crippen MR) is 134 cm³/mol. The highest BCUT2D eigenvalue weighted by atomic mass is 16.5. The van der Waals surface area contributed by atoms with E-state index in [9.17, 15) is 9.59 Å². The molecule has 0 spiro atoms. The quantitative estimate of drug-likeness (QED) is 0.583. The number of rotatable bonds is 6. The fourth-order valence-corrected chi connectivity index (χ4v) is 4.20. The van der Waals surface area contributed by atoms with Crippen LogP contribution in [0.15, 0.2) is 36.4 Å². The molecule has 1 N–H and O–H groups in total. The minimum Gasteiger partial charge on any atom is -0.497 e. The minimum absolute atomic E-state index is 0.0416. The van der Waals surface area contributed by atoms with E-state index in [1.807, 2.05) is 25.2 Å². The van der Waals surface area contributed by atoms with Gasteiger partial charge in [0.25, 0.3) is 5.91 Å². The summed E-state index contributed by atoms with van der Waals surface area (Å²) in [6.45, 7) is 3.33. The number of carbonyl (C=O) groups is 2. The molecule has 35 heavy (non-hydrogen) atoms. The van der Waals surface area contributed by atoms with Gasteiger partial charge in [-0.15, -0.1) is 0 Å². The van der Waals surface area contributed by atoms with Crippen molar-refractivity contribution < 1.29 is 19.1 Å². The van der Waals surface area contributed by atoms with Gasteiger partial charge < -0.3 is 29.2 Å².